The molecule has 0 aliphatic carbocycles. The van der Waals surface area contributed by atoms with Crippen molar-refractivity contribution in [3.05, 3.63) is 0 Å². The zero-order valence-corrected chi connectivity index (χ0v) is 11.9. The first kappa shape index (κ1) is 14.1. The lowest BCUT2D eigenvalue weighted by atomic mass is 9.94. The summed E-state index contributed by atoms with van der Waals surface area (Å²) < 4.78 is 5.38. The number of hydrogen-bond acceptors (Lipinski definition) is 4. The van der Waals surface area contributed by atoms with Gasteiger partial charge in [0.05, 0.1) is 24.6 Å². The van der Waals surface area contributed by atoms with Crippen molar-refractivity contribution in [3.63, 3.8) is 0 Å². The van der Waals surface area contributed by atoms with E-state index < -0.39 is 17.7 Å². The zero-order chi connectivity index (χ0) is 14.4. The van der Waals surface area contributed by atoms with Gasteiger partial charge in [0.2, 0.25) is 5.91 Å². The minimum absolute atomic E-state index is 0.00126. The minimum Gasteiger partial charge on any atom is -0.444 e. The molecular formula is C13H22N2O4. The Labute approximate surface area is 113 Å². The quantitative estimate of drug-likeness (QED) is 0.751. The number of piperidine rings is 1. The first-order valence-corrected chi connectivity index (χ1v) is 6.61. The fourth-order valence-electron chi connectivity index (χ4n) is 2.96. The van der Waals surface area contributed by atoms with Gasteiger partial charge in [-0.05, 0) is 27.2 Å². The second-order valence-corrected chi connectivity index (χ2v) is 6.35. The molecule has 2 fully saturated rings. The number of aliphatic hydroxyl groups is 1. The van der Waals surface area contributed by atoms with Crippen molar-refractivity contribution in [2.24, 2.45) is 5.92 Å². The zero-order valence-electron chi connectivity index (χ0n) is 11.9. The molecule has 0 radical (unpaired) electrons. The lowest BCUT2D eigenvalue weighted by molar-refractivity contribution is -0.136. The molecule has 19 heavy (non-hydrogen) atoms. The Kier molecular flexibility index (Phi) is 3.47. The van der Waals surface area contributed by atoms with E-state index in [1.165, 1.54) is 0 Å². The summed E-state index contributed by atoms with van der Waals surface area (Å²) >= 11 is 0. The summed E-state index contributed by atoms with van der Waals surface area (Å²) in [5.41, 5.74) is -0.580. The van der Waals surface area contributed by atoms with E-state index in [4.69, 9.17) is 4.74 Å². The largest absolute Gasteiger partial charge is 0.444 e. The summed E-state index contributed by atoms with van der Waals surface area (Å²) in [6, 6.07) is -0.517. The molecule has 3 atom stereocenters. The van der Waals surface area contributed by atoms with E-state index >= 15 is 0 Å². The lowest BCUT2D eigenvalue weighted by Gasteiger charge is -2.32. The van der Waals surface area contributed by atoms with Gasteiger partial charge in [-0.25, -0.2) is 4.79 Å². The fourth-order valence-corrected chi connectivity index (χ4v) is 2.96. The van der Waals surface area contributed by atoms with Gasteiger partial charge in [0.15, 0.2) is 0 Å². The molecule has 2 heterocycles. The lowest BCUT2D eigenvalue weighted by Crippen LogP contribution is -2.47. The summed E-state index contributed by atoms with van der Waals surface area (Å²) in [4.78, 5) is 27.5. The summed E-state index contributed by atoms with van der Waals surface area (Å²) in [7, 11) is 1.73. The molecule has 2 aliphatic heterocycles. The number of hydrogen-bond donors (Lipinski definition) is 1. The monoisotopic (exact) mass is 270 g/mol. The van der Waals surface area contributed by atoms with Crippen LogP contribution in [0, 0.1) is 5.92 Å². The van der Waals surface area contributed by atoms with Crippen LogP contribution in [0.3, 0.4) is 0 Å². The van der Waals surface area contributed by atoms with Crippen LogP contribution in [0.25, 0.3) is 0 Å². The molecule has 6 heteroatoms. The molecule has 2 bridgehead atoms. The standard InChI is InChI=1S/C13H22N2O4/c1-13(2,3)19-12(18)15-8-5-9(10(15)7-16)11(17)14(4)6-8/h8-10,16H,5-7H2,1-4H3/t8-,9-,10+/m1/s1. The number of amides is 2. The third-order valence-electron chi connectivity index (χ3n) is 3.71. The Balaban J connectivity index is 2.20. The van der Waals surface area contributed by atoms with E-state index in [1.807, 2.05) is 0 Å². The molecule has 108 valence electrons. The molecule has 0 spiro atoms. The number of likely N-dealkylation sites (N-methyl/N-ethyl adjacent to an activating group) is 1. The highest BCUT2D eigenvalue weighted by Gasteiger charge is 2.52. The second-order valence-electron chi connectivity index (χ2n) is 6.35. The van der Waals surface area contributed by atoms with Crippen LogP contribution in [-0.2, 0) is 9.53 Å². The molecule has 0 unspecified atom stereocenters. The number of fused-ring (bicyclic) bond motifs is 2. The van der Waals surface area contributed by atoms with Gasteiger partial charge in [-0.1, -0.05) is 0 Å². The van der Waals surface area contributed by atoms with Crippen LogP contribution >= 0.6 is 0 Å². The maximum Gasteiger partial charge on any atom is 0.410 e. The molecule has 0 saturated carbocycles. The highest BCUT2D eigenvalue weighted by atomic mass is 16.6. The Hall–Kier alpha value is -1.30. The van der Waals surface area contributed by atoms with Crippen molar-refractivity contribution >= 4 is 12.0 Å². The van der Waals surface area contributed by atoms with E-state index in [2.05, 4.69) is 0 Å². The molecule has 0 aromatic rings. The van der Waals surface area contributed by atoms with E-state index in [1.54, 1.807) is 37.6 Å². The van der Waals surface area contributed by atoms with Gasteiger partial charge in [0, 0.05) is 13.6 Å². The van der Waals surface area contributed by atoms with Crippen LogP contribution in [0.15, 0.2) is 0 Å². The van der Waals surface area contributed by atoms with E-state index in [-0.39, 0.29) is 24.5 Å². The summed E-state index contributed by atoms with van der Waals surface area (Å²) in [5, 5.41) is 9.51. The van der Waals surface area contributed by atoms with Crippen molar-refractivity contribution in [1.29, 1.82) is 0 Å². The molecule has 2 amide bonds. The third kappa shape index (κ3) is 2.54. The number of aliphatic hydroxyl groups excluding tert-OH is 1. The molecule has 0 aromatic carbocycles. The van der Waals surface area contributed by atoms with Crippen molar-refractivity contribution in [2.45, 2.75) is 44.9 Å². The normalized spacial score (nSPS) is 30.8. The van der Waals surface area contributed by atoms with Gasteiger partial charge in [0.25, 0.3) is 0 Å². The van der Waals surface area contributed by atoms with Gasteiger partial charge < -0.3 is 14.7 Å². The van der Waals surface area contributed by atoms with Crippen molar-refractivity contribution in [2.75, 3.05) is 20.2 Å². The fraction of sp³-hybridized carbons (Fsp3) is 0.846. The molecular weight excluding hydrogens is 248 g/mol. The Morgan fingerprint density at radius 1 is 1.47 bits per heavy atom. The predicted octanol–water partition coefficient (Wildman–Crippen LogP) is 0.445. The number of carbonyl (C=O) groups excluding carboxylic acids is 2. The Morgan fingerprint density at radius 2 is 2.11 bits per heavy atom. The summed E-state index contributed by atoms with van der Waals surface area (Å²) in [5.74, 6) is -0.303. The maximum atomic E-state index is 12.2. The van der Waals surface area contributed by atoms with Crippen LogP contribution in [-0.4, -0.2) is 64.8 Å². The molecule has 2 aliphatic rings. The Bertz CT molecular complexity index is 391. The van der Waals surface area contributed by atoms with Crippen LogP contribution in [0.2, 0.25) is 0 Å². The molecule has 6 nitrogen and oxygen atoms in total. The number of carbonyl (C=O) groups is 2. The van der Waals surface area contributed by atoms with Crippen molar-refractivity contribution in [1.82, 2.24) is 9.80 Å². The van der Waals surface area contributed by atoms with Gasteiger partial charge in [0.1, 0.15) is 5.60 Å². The Morgan fingerprint density at radius 3 is 2.63 bits per heavy atom. The highest BCUT2D eigenvalue weighted by molar-refractivity contribution is 5.83. The highest BCUT2D eigenvalue weighted by Crippen LogP contribution is 2.36. The molecule has 1 N–H and O–H groups in total. The second kappa shape index (κ2) is 4.67. The number of rotatable bonds is 1. The van der Waals surface area contributed by atoms with Gasteiger partial charge in [-0.3, -0.25) is 9.69 Å². The van der Waals surface area contributed by atoms with Crippen LogP contribution in [0.1, 0.15) is 27.2 Å². The van der Waals surface area contributed by atoms with Gasteiger partial charge >= 0.3 is 6.09 Å². The molecule has 2 rings (SSSR count). The summed E-state index contributed by atoms with van der Waals surface area (Å²) in [6.07, 6.45) is 0.176. The van der Waals surface area contributed by atoms with Crippen LogP contribution < -0.4 is 0 Å². The first-order valence-electron chi connectivity index (χ1n) is 6.61. The SMILES string of the molecule is CN1C[C@H]2C[C@@H](C1=O)[C@H](CO)N2C(=O)OC(C)(C)C. The summed E-state index contributed by atoms with van der Waals surface area (Å²) in [6.45, 7) is 5.71. The van der Waals surface area contributed by atoms with E-state index in [0.29, 0.717) is 13.0 Å². The topological polar surface area (TPSA) is 70.1 Å². The van der Waals surface area contributed by atoms with Gasteiger partial charge in [-0.15, -0.1) is 0 Å². The minimum atomic E-state index is -0.580. The maximum absolute atomic E-state index is 12.2. The number of ether oxygens (including phenoxy) is 1. The van der Waals surface area contributed by atoms with Crippen LogP contribution in [0.4, 0.5) is 4.79 Å². The van der Waals surface area contributed by atoms with Crippen LogP contribution in [0.5, 0.6) is 0 Å². The predicted molar refractivity (Wildman–Crippen MR) is 68.5 cm³/mol. The van der Waals surface area contributed by atoms with Crippen molar-refractivity contribution in [3.8, 4) is 0 Å². The average molecular weight is 270 g/mol. The van der Waals surface area contributed by atoms with Gasteiger partial charge in [-0.2, -0.15) is 0 Å². The third-order valence-corrected chi connectivity index (χ3v) is 3.71. The van der Waals surface area contributed by atoms with E-state index in [0.717, 1.165) is 0 Å². The molecule has 2 saturated heterocycles. The molecule has 0 aromatic heterocycles. The van der Waals surface area contributed by atoms with Crippen molar-refractivity contribution < 1.29 is 19.4 Å². The number of likely N-dealkylation sites (tertiary alicyclic amines) is 2. The average Bonchev–Trinajstić information content (AvgIpc) is 2.58. The number of nitrogens with zero attached hydrogens (tertiary/aromatic N) is 2. The van der Waals surface area contributed by atoms with E-state index in [9.17, 15) is 14.7 Å². The first-order chi connectivity index (χ1) is 8.74. The smallest absolute Gasteiger partial charge is 0.410 e.